The number of benzene rings is 1. The van der Waals surface area contributed by atoms with Gasteiger partial charge < -0.3 is 19.9 Å². The van der Waals surface area contributed by atoms with Crippen LogP contribution < -0.4 is 5.32 Å². The number of anilines is 1. The molecule has 130 valence electrons. The van der Waals surface area contributed by atoms with E-state index in [-0.39, 0.29) is 18.0 Å². The van der Waals surface area contributed by atoms with Crippen molar-refractivity contribution in [2.45, 2.75) is 18.9 Å². The Kier molecular flexibility index (Phi) is 5.48. The van der Waals surface area contributed by atoms with Crippen molar-refractivity contribution >= 4 is 40.8 Å². The lowest BCUT2D eigenvalue weighted by Crippen LogP contribution is -2.53. The largest absolute Gasteiger partial charge is 0.368 e. The van der Waals surface area contributed by atoms with Crippen LogP contribution in [0.3, 0.4) is 0 Å². The quantitative estimate of drug-likeness (QED) is 0.869. The van der Waals surface area contributed by atoms with E-state index in [0.29, 0.717) is 48.5 Å². The van der Waals surface area contributed by atoms with Crippen LogP contribution in [0.2, 0.25) is 10.0 Å². The van der Waals surface area contributed by atoms with Gasteiger partial charge in [-0.3, -0.25) is 4.79 Å². The summed E-state index contributed by atoms with van der Waals surface area (Å²) in [4.78, 5) is 28.1. The molecule has 2 heterocycles. The van der Waals surface area contributed by atoms with Gasteiger partial charge in [-0.05, 0) is 31.0 Å². The van der Waals surface area contributed by atoms with E-state index in [2.05, 4.69) is 5.32 Å². The smallest absolute Gasteiger partial charge is 0.321 e. The van der Waals surface area contributed by atoms with Gasteiger partial charge in [-0.2, -0.15) is 0 Å². The minimum Gasteiger partial charge on any atom is -0.368 e. The monoisotopic (exact) mass is 371 g/mol. The predicted molar refractivity (Wildman–Crippen MR) is 92.6 cm³/mol. The topological polar surface area (TPSA) is 61.9 Å². The maximum absolute atomic E-state index is 12.3. The number of amides is 3. The lowest BCUT2D eigenvalue weighted by Gasteiger charge is -2.35. The zero-order chi connectivity index (χ0) is 17.1. The first-order chi connectivity index (χ1) is 11.5. The SMILES string of the molecule is O=C(Nc1cc(Cl)cc(Cl)c1)N1CCN(C(=O)[C@@H]2CCCO2)CC1. The van der Waals surface area contributed by atoms with Gasteiger partial charge in [0, 0.05) is 48.5 Å². The number of urea groups is 1. The van der Waals surface area contributed by atoms with Gasteiger partial charge in [0.05, 0.1) is 0 Å². The number of nitrogens with zero attached hydrogens (tertiary/aromatic N) is 2. The summed E-state index contributed by atoms with van der Waals surface area (Å²) in [6, 6.07) is 4.66. The van der Waals surface area contributed by atoms with Crippen LogP contribution in [0.15, 0.2) is 18.2 Å². The predicted octanol–water partition coefficient (Wildman–Crippen LogP) is 2.85. The zero-order valence-corrected chi connectivity index (χ0v) is 14.6. The highest BCUT2D eigenvalue weighted by Gasteiger charge is 2.31. The second-order valence-electron chi connectivity index (χ2n) is 5.90. The Hall–Kier alpha value is -1.50. The third-order valence-corrected chi connectivity index (χ3v) is 4.63. The molecule has 1 atom stereocenters. The summed E-state index contributed by atoms with van der Waals surface area (Å²) in [6.07, 6.45) is 1.41. The fraction of sp³-hybridized carbons (Fsp3) is 0.500. The van der Waals surface area contributed by atoms with Crippen LogP contribution in [0.25, 0.3) is 0 Å². The normalized spacial score (nSPS) is 21.0. The summed E-state index contributed by atoms with van der Waals surface area (Å²) in [5, 5.41) is 3.71. The molecule has 1 aromatic rings. The van der Waals surface area contributed by atoms with Crippen molar-refractivity contribution in [3.05, 3.63) is 28.2 Å². The first-order valence-corrected chi connectivity index (χ1v) is 8.71. The van der Waals surface area contributed by atoms with E-state index >= 15 is 0 Å². The highest BCUT2D eigenvalue weighted by Crippen LogP contribution is 2.23. The van der Waals surface area contributed by atoms with Crippen LogP contribution in [-0.4, -0.2) is 60.6 Å². The van der Waals surface area contributed by atoms with Crippen LogP contribution >= 0.6 is 23.2 Å². The Labute approximate surface area is 150 Å². The minimum atomic E-state index is -0.307. The van der Waals surface area contributed by atoms with Gasteiger partial charge in [0.1, 0.15) is 6.10 Å². The van der Waals surface area contributed by atoms with Crippen LogP contribution in [0.5, 0.6) is 0 Å². The number of piperazine rings is 1. The van der Waals surface area contributed by atoms with Gasteiger partial charge in [0.15, 0.2) is 0 Å². The van der Waals surface area contributed by atoms with Crippen LogP contribution in [-0.2, 0) is 9.53 Å². The van der Waals surface area contributed by atoms with Crippen molar-refractivity contribution < 1.29 is 14.3 Å². The maximum atomic E-state index is 12.3. The van der Waals surface area contributed by atoms with Crippen LogP contribution in [0.4, 0.5) is 10.5 Å². The molecule has 0 saturated carbocycles. The number of hydrogen-bond donors (Lipinski definition) is 1. The Balaban J connectivity index is 1.52. The molecule has 2 aliphatic heterocycles. The molecular weight excluding hydrogens is 353 g/mol. The van der Waals surface area contributed by atoms with E-state index in [1.807, 2.05) is 0 Å². The second kappa shape index (κ2) is 7.59. The standard InChI is InChI=1S/C16H19Cl2N3O3/c17-11-8-12(18)10-13(9-11)19-16(23)21-5-3-20(4-6-21)15(22)14-2-1-7-24-14/h8-10,14H,1-7H2,(H,19,23)/t14-/m0/s1. The van der Waals surface area contributed by atoms with Crippen molar-refractivity contribution in [1.82, 2.24) is 9.80 Å². The molecule has 1 aromatic carbocycles. The number of rotatable bonds is 2. The van der Waals surface area contributed by atoms with Gasteiger partial charge >= 0.3 is 6.03 Å². The molecule has 0 bridgehead atoms. The van der Waals surface area contributed by atoms with E-state index in [1.165, 1.54) is 0 Å². The average Bonchev–Trinajstić information content (AvgIpc) is 3.07. The number of halogens is 2. The molecule has 0 aliphatic carbocycles. The molecule has 0 unspecified atom stereocenters. The van der Waals surface area contributed by atoms with Crippen molar-refractivity contribution in [3.63, 3.8) is 0 Å². The molecule has 2 fully saturated rings. The highest BCUT2D eigenvalue weighted by molar-refractivity contribution is 6.35. The lowest BCUT2D eigenvalue weighted by atomic mass is 10.2. The molecule has 8 heteroatoms. The van der Waals surface area contributed by atoms with Gasteiger partial charge in [-0.25, -0.2) is 4.79 Å². The van der Waals surface area contributed by atoms with E-state index in [9.17, 15) is 9.59 Å². The van der Waals surface area contributed by atoms with Crippen LogP contribution in [0, 0.1) is 0 Å². The molecule has 6 nitrogen and oxygen atoms in total. The van der Waals surface area contributed by atoms with Crippen molar-refractivity contribution in [2.75, 3.05) is 38.1 Å². The summed E-state index contributed by atoms with van der Waals surface area (Å²) in [7, 11) is 0. The summed E-state index contributed by atoms with van der Waals surface area (Å²) in [5.41, 5.74) is 0.551. The molecule has 0 radical (unpaired) electrons. The zero-order valence-electron chi connectivity index (χ0n) is 13.1. The third kappa shape index (κ3) is 4.12. The number of nitrogens with one attached hydrogen (secondary N) is 1. The number of carbonyl (C=O) groups is 2. The second-order valence-corrected chi connectivity index (χ2v) is 6.78. The summed E-state index contributed by atoms with van der Waals surface area (Å²) < 4.78 is 5.43. The van der Waals surface area contributed by atoms with Crippen molar-refractivity contribution in [2.24, 2.45) is 0 Å². The molecule has 0 aromatic heterocycles. The van der Waals surface area contributed by atoms with Crippen molar-refractivity contribution in [1.29, 1.82) is 0 Å². The Morgan fingerprint density at radius 3 is 2.25 bits per heavy atom. The summed E-state index contributed by atoms with van der Waals surface area (Å²) >= 11 is 11.9. The van der Waals surface area contributed by atoms with Gasteiger partial charge in [-0.15, -0.1) is 0 Å². The number of hydrogen-bond acceptors (Lipinski definition) is 3. The first kappa shape index (κ1) is 17.3. The van der Waals surface area contributed by atoms with E-state index in [4.69, 9.17) is 27.9 Å². The molecular formula is C16H19Cl2N3O3. The molecule has 3 amide bonds. The Bertz CT molecular complexity index is 607. The lowest BCUT2D eigenvalue weighted by molar-refractivity contribution is -0.142. The van der Waals surface area contributed by atoms with E-state index in [0.717, 1.165) is 12.8 Å². The molecule has 2 saturated heterocycles. The average molecular weight is 372 g/mol. The van der Waals surface area contributed by atoms with Gasteiger partial charge in [-0.1, -0.05) is 23.2 Å². The highest BCUT2D eigenvalue weighted by atomic mass is 35.5. The van der Waals surface area contributed by atoms with E-state index < -0.39 is 0 Å². The third-order valence-electron chi connectivity index (χ3n) is 4.20. The van der Waals surface area contributed by atoms with Crippen molar-refractivity contribution in [3.8, 4) is 0 Å². The molecule has 1 N–H and O–H groups in total. The van der Waals surface area contributed by atoms with E-state index in [1.54, 1.807) is 28.0 Å². The maximum Gasteiger partial charge on any atom is 0.321 e. The Morgan fingerprint density at radius 2 is 1.67 bits per heavy atom. The first-order valence-electron chi connectivity index (χ1n) is 7.95. The minimum absolute atomic E-state index is 0.0363. The van der Waals surface area contributed by atoms with Gasteiger partial charge in [0.2, 0.25) is 0 Å². The number of ether oxygens (including phenoxy) is 1. The summed E-state index contributed by atoms with van der Waals surface area (Å²) in [6.45, 7) is 2.66. The number of carbonyl (C=O) groups excluding carboxylic acids is 2. The summed E-state index contributed by atoms with van der Waals surface area (Å²) in [5.74, 6) is 0.0363. The fourth-order valence-corrected chi connectivity index (χ4v) is 3.46. The fourth-order valence-electron chi connectivity index (χ4n) is 2.93. The van der Waals surface area contributed by atoms with Crippen LogP contribution in [0.1, 0.15) is 12.8 Å². The molecule has 0 spiro atoms. The Morgan fingerprint density at radius 1 is 1.04 bits per heavy atom. The molecule has 2 aliphatic rings. The molecule has 24 heavy (non-hydrogen) atoms. The van der Waals surface area contributed by atoms with Gasteiger partial charge in [0.25, 0.3) is 5.91 Å². The molecule has 3 rings (SSSR count).